The van der Waals surface area contributed by atoms with E-state index in [1.807, 2.05) is 18.5 Å². The molecule has 0 radical (unpaired) electrons. The van der Waals surface area contributed by atoms with Crippen molar-refractivity contribution in [3.05, 3.63) is 52.3 Å². The largest absolute Gasteiger partial charge is 0.480 e. The van der Waals surface area contributed by atoms with Crippen LogP contribution in [0.1, 0.15) is 47.3 Å². The van der Waals surface area contributed by atoms with E-state index in [2.05, 4.69) is 36.3 Å². The number of aromatic nitrogens is 2. The van der Waals surface area contributed by atoms with Crippen LogP contribution in [0, 0.1) is 20.8 Å². The maximum Gasteiger partial charge on any atom is 0.326 e. The average molecular weight is 369 g/mol. The third kappa shape index (κ3) is 4.21. The van der Waals surface area contributed by atoms with Gasteiger partial charge in [0.05, 0.1) is 12.2 Å². The van der Waals surface area contributed by atoms with Crippen LogP contribution in [0.15, 0.2) is 24.3 Å². The van der Waals surface area contributed by atoms with Gasteiger partial charge in [0.1, 0.15) is 6.04 Å². The zero-order valence-corrected chi connectivity index (χ0v) is 16.2. The number of carbonyl (C=O) groups is 2. The number of carbonyl (C=O) groups excluding carboxylic acids is 1. The molecule has 27 heavy (non-hydrogen) atoms. The van der Waals surface area contributed by atoms with Crippen molar-refractivity contribution in [3.63, 3.8) is 0 Å². The van der Waals surface area contributed by atoms with E-state index in [4.69, 9.17) is 0 Å². The fourth-order valence-corrected chi connectivity index (χ4v) is 3.81. The van der Waals surface area contributed by atoms with Crippen molar-refractivity contribution in [3.8, 4) is 0 Å². The lowest BCUT2D eigenvalue weighted by Crippen LogP contribution is -2.40. The van der Waals surface area contributed by atoms with Gasteiger partial charge in [-0.2, -0.15) is 5.10 Å². The second kappa shape index (κ2) is 7.94. The van der Waals surface area contributed by atoms with Gasteiger partial charge in [0.15, 0.2) is 0 Å². The van der Waals surface area contributed by atoms with Crippen LogP contribution >= 0.6 is 0 Å². The van der Waals surface area contributed by atoms with Crippen molar-refractivity contribution in [2.75, 3.05) is 6.54 Å². The van der Waals surface area contributed by atoms with Gasteiger partial charge in [-0.05, 0) is 51.2 Å². The zero-order valence-electron chi connectivity index (χ0n) is 16.2. The molecule has 0 aliphatic carbocycles. The van der Waals surface area contributed by atoms with Gasteiger partial charge >= 0.3 is 5.97 Å². The number of hydrogen-bond donors (Lipinski definition) is 1. The lowest BCUT2D eigenvalue weighted by molar-refractivity contribution is -0.148. The molecule has 0 saturated carbocycles. The zero-order chi connectivity index (χ0) is 19.6. The molecule has 1 fully saturated rings. The molecule has 1 amide bonds. The lowest BCUT2D eigenvalue weighted by atomic mass is 10.1. The molecule has 0 unspecified atom stereocenters. The van der Waals surface area contributed by atoms with Crippen LogP contribution in [0.2, 0.25) is 0 Å². The van der Waals surface area contributed by atoms with Crippen LogP contribution in [0.3, 0.4) is 0 Å². The van der Waals surface area contributed by atoms with E-state index < -0.39 is 12.0 Å². The smallest absolute Gasteiger partial charge is 0.326 e. The highest BCUT2D eigenvalue weighted by atomic mass is 16.4. The first-order valence-electron chi connectivity index (χ1n) is 9.47. The molecule has 0 bridgehead atoms. The maximum atomic E-state index is 12.5. The molecule has 144 valence electrons. The highest BCUT2D eigenvalue weighted by Gasteiger charge is 2.33. The summed E-state index contributed by atoms with van der Waals surface area (Å²) in [6, 6.07) is 7.73. The van der Waals surface area contributed by atoms with Crippen molar-refractivity contribution in [1.82, 2.24) is 14.7 Å². The summed E-state index contributed by atoms with van der Waals surface area (Å²) >= 11 is 0. The molecule has 3 rings (SSSR count). The van der Waals surface area contributed by atoms with Gasteiger partial charge in [0.25, 0.3) is 0 Å². The standard InChI is InChI=1S/C21H27N3O3/c1-14-6-8-17(9-7-14)13-24-16(3)18(15(2)22-24)10-11-20(25)23-12-4-5-19(23)21(26)27/h6-9,19H,4-5,10-13H2,1-3H3,(H,26,27)/t19-/m0/s1. The minimum Gasteiger partial charge on any atom is -0.480 e. The van der Waals surface area contributed by atoms with Gasteiger partial charge in [-0.1, -0.05) is 29.8 Å². The van der Waals surface area contributed by atoms with Gasteiger partial charge in [0, 0.05) is 18.7 Å². The SMILES string of the molecule is Cc1ccc(Cn2nc(C)c(CCC(=O)N3CCC[C@H]3C(=O)O)c2C)cc1. The number of likely N-dealkylation sites (tertiary alicyclic amines) is 1. The molecule has 2 aromatic rings. The first-order chi connectivity index (χ1) is 12.9. The highest BCUT2D eigenvalue weighted by molar-refractivity contribution is 5.84. The molecule has 6 nitrogen and oxygen atoms in total. The summed E-state index contributed by atoms with van der Waals surface area (Å²) in [5.74, 6) is -0.982. The third-order valence-corrected chi connectivity index (χ3v) is 5.43. The van der Waals surface area contributed by atoms with E-state index >= 15 is 0 Å². The first-order valence-corrected chi connectivity index (χ1v) is 9.47. The van der Waals surface area contributed by atoms with Crippen LogP contribution in [-0.2, 0) is 22.6 Å². The summed E-state index contributed by atoms with van der Waals surface area (Å²) in [6.45, 7) is 7.31. The van der Waals surface area contributed by atoms with Gasteiger partial charge in [0.2, 0.25) is 5.91 Å². The molecule has 6 heteroatoms. The third-order valence-electron chi connectivity index (χ3n) is 5.43. The van der Waals surface area contributed by atoms with Crippen molar-refractivity contribution < 1.29 is 14.7 Å². The number of rotatable bonds is 6. The van der Waals surface area contributed by atoms with E-state index in [-0.39, 0.29) is 5.91 Å². The van der Waals surface area contributed by atoms with E-state index in [1.165, 1.54) is 16.0 Å². The fourth-order valence-electron chi connectivity index (χ4n) is 3.81. The number of amides is 1. The molecule has 1 aromatic carbocycles. The van der Waals surface area contributed by atoms with Crippen molar-refractivity contribution >= 4 is 11.9 Å². The van der Waals surface area contributed by atoms with E-state index in [1.54, 1.807) is 0 Å². The van der Waals surface area contributed by atoms with Crippen LogP contribution in [0.4, 0.5) is 0 Å². The molecule has 0 spiro atoms. The Balaban J connectivity index is 1.67. The van der Waals surface area contributed by atoms with E-state index in [0.29, 0.717) is 32.4 Å². The Morgan fingerprint density at radius 1 is 1.19 bits per heavy atom. The van der Waals surface area contributed by atoms with Crippen LogP contribution in [-0.4, -0.2) is 44.3 Å². The molecule has 1 saturated heterocycles. The van der Waals surface area contributed by atoms with Gasteiger partial charge < -0.3 is 10.0 Å². The molecule has 1 N–H and O–H groups in total. The molecular formula is C21H27N3O3. The number of hydrogen-bond acceptors (Lipinski definition) is 3. The molecule has 2 heterocycles. The number of benzene rings is 1. The summed E-state index contributed by atoms with van der Waals surface area (Å²) in [5.41, 5.74) is 5.50. The summed E-state index contributed by atoms with van der Waals surface area (Å²) in [7, 11) is 0. The summed E-state index contributed by atoms with van der Waals surface area (Å²) in [6.07, 6.45) is 2.22. The Morgan fingerprint density at radius 2 is 1.89 bits per heavy atom. The second-order valence-corrected chi connectivity index (χ2v) is 7.38. The lowest BCUT2D eigenvalue weighted by Gasteiger charge is -2.21. The molecular weight excluding hydrogens is 342 g/mol. The van der Waals surface area contributed by atoms with E-state index in [9.17, 15) is 14.7 Å². The van der Waals surface area contributed by atoms with Crippen molar-refractivity contribution in [2.45, 2.75) is 59.0 Å². The first kappa shape index (κ1) is 19.1. The second-order valence-electron chi connectivity index (χ2n) is 7.38. The predicted molar refractivity (Wildman–Crippen MR) is 103 cm³/mol. The number of aliphatic carboxylic acids is 1. The molecule has 1 aliphatic heterocycles. The highest BCUT2D eigenvalue weighted by Crippen LogP contribution is 2.21. The molecule has 1 atom stereocenters. The van der Waals surface area contributed by atoms with Crippen LogP contribution in [0.25, 0.3) is 0 Å². The predicted octanol–water partition coefficient (Wildman–Crippen LogP) is 2.86. The Labute approximate surface area is 159 Å². The number of aryl methyl sites for hydroxylation is 2. The summed E-state index contributed by atoms with van der Waals surface area (Å²) < 4.78 is 1.98. The Bertz CT molecular complexity index is 839. The Kier molecular flexibility index (Phi) is 5.63. The van der Waals surface area contributed by atoms with Crippen molar-refractivity contribution in [1.29, 1.82) is 0 Å². The minimum atomic E-state index is -0.904. The van der Waals surface area contributed by atoms with Crippen LogP contribution < -0.4 is 0 Å². The van der Waals surface area contributed by atoms with Gasteiger partial charge in [-0.3, -0.25) is 9.48 Å². The Morgan fingerprint density at radius 3 is 2.56 bits per heavy atom. The van der Waals surface area contributed by atoms with Gasteiger partial charge in [-0.15, -0.1) is 0 Å². The van der Waals surface area contributed by atoms with E-state index in [0.717, 1.165) is 23.4 Å². The normalized spacial score (nSPS) is 16.7. The monoisotopic (exact) mass is 369 g/mol. The minimum absolute atomic E-state index is 0.0787. The van der Waals surface area contributed by atoms with Crippen molar-refractivity contribution in [2.24, 2.45) is 0 Å². The quantitative estimate of drug-likeness (QED) is 0.850. The summed E-state index contributed by atoms with van der Waals surface area (Å²) in [5, 5.41) is 13.9. The van der Waals surface area contributed by atoms with Crippen LogP contribution in [0.5, 0.6) is 0 Å². The number of carboxylic acids is 1. The molecule has 1 aliphatic rings. The summed E-state index contributed by atoms with van der Waals surface area (Å²) in [4.78, 5) is 25.3. The van der Waals surface area contributed by atoms with Gasteiger partial charge in [-0.25, -0.2) is 4.79 Å². The molecule has 1 aromatic heterocycles. The fraction of sp³-hybridized carbons (Fsp3) is 0.476. The number of nitrogens with zero attached hydrogens (tertiary/aromatic N) is 3. The average Bonchev–Trinajstić information content (AvgIpc) is 3.21. The number of carboxylic acid groups (broad SMARTS) is 1. The topological polar surface area (TPSA) is 75.4 Å². The maximum absolute atomic E-state index is 12.5. The Hall–Kier alpha value is -2.63.